The molecule has 0 aromatic carbocycles. The first-order chi connectivity index (χ1) is 7.17. The Labute approximate surface area is 93.6 Å². The highest BCUT2D eigenvalue weighted by molar-refractivity contribution is 4.96. The van der Waals surface area contributed by atoms with Crippen LogP contribution in [0.5, 0.6) is 0 Å². The lowest BCUT2D eigenvalue weighted by Gasteiger charge is -2.50. The van der Waals surface area contributed by atoms with Gasteiger partial charge >= 0.3 is 0 Å². The molecule has 15 heavy (non-hydrogen) atoms. The summed E-state index contributed by atoms with van der Waals surface area (Å²) in [6.07, 6.45) is 9.51. The molecule has 0 bridgehead atoms. The Bertz CT molecular complexity index is 246. The third kappa shape index (κ3) is 1.63. The molecule has 1 nitrogen and oxygen atoms in total. The molecule has 86 valence electrons. The number of fused-ring (bicyclic) bond motifs is 1. The van der Waals surface area contributed by atoms with Crippen molar-refractivity contribution in [3.05, 3.63) is 0 Å². The zero-order valence-corrected chi connectivity index (χ0v) is 10.2. The average Bonchev–Trinajstić information content (AvgIpc) is 2.63. The van der Waals surface area contributed by atoms with Gasteiger partial charge in [0.05, 0.1) is 12.7 Å². The molecule has 1 saturated heterocycles. The smallest absolute Gasteiger partial charge is 0.0676 e. The zero-order valence-electron chi connectivity index (χ0n) is 10.2. The topological polar surface area (TPSA) is 9.23 Å². The molecule has 0 aromatic rings. The van der Waals surface area contributed by atoms with Gasteiger partial charge in [-0.1, -0.05) is 33.1 Å². The van der Waals surface area contributed by atoms with Crippen molar-refractivity contribution in [3.63, 3.8) is 0 Å². The maximum Gasteiger partial charge on any atom is 0.0676 e. The van der Waals surface area contributed by atoms with Crippen LogP contribution in [0.1, 0.15) is 52.4 Å². The normalized spacial score (nSPS) is 48.4. The fraction of sp³-hybridized carbons (Fsp3) is 1.00. The van der Waals surface area contributed by atoms with E-state index in [0.29, 0.717) is 11.5 Å². The van der Waals surface area contributed by atoms with Crippen molar-refractivity contribution < 1.29 is 4.74 Å². The van der Waals surface area contributed by atoms with Gasteiger partial charge in [-0.25, -0.2) is 0 Å². The Morgan fingerprint density at radius 2 is 1.67 bits per heavy atom. The summed E-state index contributed by atoms with van der Waals surface area (Å²) in [6.45, 7) is 5.74. The molecule has 4 unspecified atom stereocenters. The predicted octanol–water partition coefficient (Wildman–Crippen LogP) is 3.63. The van der Waals surface area contributed by atoms with Gasteiger partial charge in [-0.15, -0.1) is 0 Å². The second-order valence-electron chi connectivity index (χ2n) is 6.74. The molecule has 3 fully saturated rings. The van der Waals surface area contributed by atoms with Crippen LogP contribution in [0.4, 0.5) is 0 Å². The standard InChI is InChI=1S/C14H24O/c1-14(2)9-15-13(14)12-7-6-10-4-3-5-11(10)8-12/h10-13H,3-9H2,1-2H3. The Balaban J connectivity index is 1.64. The van der Waals surface area contributed by atoms with E-state index in [0.717, 1.165) is 24.4 Å². The highest BCUT2D eigenvalue weighted by Crippen LogP contribution is 2.50. The first-order valence-corrected chi connectivity index (χ1v) is 6.78. The minimum atomic E-state index is 0.468. The van der Waals surface area contributed by atoms with Gasteiger partial charge in [0.2, 0.25) is 0 Å². The second-order valence-corrected chi connectivity index (χ2v) is 6.74. The van der Waals surface area contributed by atoms with Crippen molar-refractivity contribution in [2.75, 3.05) is 6.61 Å². The molecule has 1 heteroatoms. The molecule has 0 aromatic heterocycles. The molecule has 0 spiro atoms. The van der Waals surface area contributed by atoms with E-state index < -0.39 is 0 Å². The van der Waals surface area contributed by atoms with Crippen molar-refractivity contribution in [2.45, 2.75) is 58.5 Å². The lowest BCUT2D eigenvalue weighted by Crippen LogP contribution is -2.53. The van der Waals surface area contributed by atoms with Crippen LogP contribution < -0.4 is 0 Å². The second kappa shape index (κ2) is 3.48. The van der Waals surface area contributed by atoms with E-state index in [1.54, 1.807) is 0 Å². The van der Waals surface area contributed by atoms with Crippen molar-refractivity contribution >= 4 is 0 Å². The lowest BCUT2D eigenvalue weighted by molar-refractivity contribution is -0.201. The van der Waals surface area contributed by atoms with E-state index >= 15 is 0 Å². The number of ether oxygens (including phenoxy) is 1. The van der Waals surface area contributed by atoms with Gasteiger partial charge in [0.25, 0.3) is 0 Å². The molecular formula is C14H24O. The van der Waals surface area contributed by atoms with Gasteiger partial charge in [-0.05, 0) is 37.0 Å². The van der Waals surface area contributed by atoms with Crippen LogP contribution in [-0.4, -0.2) is 12.7 Å². The number of hydrogen-bond donors (Lipinski definition) is 0. The van der Waals surface area contributed by atoms with Crippen LogP contribution in [0.25, 0.3) is 0 Å². The summed E-state index contributed by atoms with van der Waals surface area (Å²) in [5.74, 6) is 3.03. The monoisotopic (exact) mass is 208 g/mol. The summed E-state index contributed by atoms with van der Waals surface area (Å²) in [6, 6.07) is 0. The van der Waals surface area contributed by atoms with Crippen molar-refractivity contribution in [1.29, 1.82) is 0 Å². The molecule has 1 aliphatic heterocycles. The van der Waals surface area contributed by atoms with Crippen LogP contribution in [0.3, 0.4) is 0 Å². The predicted molar refractivity (Wildman–Crippen MR) is 61.7 cm³/mol. The quantitative estimate of drug-likeness (QED) is 0.639. The van der Waals surface area contributed by atoms with Crippen molar-refractivity contribution in [2.24, 2.45) is 23.2 Å². The Kier molecular flexibility index (Phi) is 2.35. The molecular weight excluding hydrogens is 184 g/mol. The zero-order chi connectivity index (χ0) is 10.5. The van der Waals surface area contributed by atoms with E-state index in [1.165, 1.54) is 38.5 Å². The van der Waals surface area contributed by atoms with Crippen molar-refractivity contribution in [1.82, 2.24) is 0 Å². The number of hydrogen-bond acceptors (Lipinski definition) is 1. The minimum absolute atomic E-state index is 0.468. The van der Waals surface area contributed by atoms with Crippen LogP contribution in [-0.2, 0) is 4.74 Å². The Hall–Kier alpha value is -0.0400. The number of rotatable bonds is 1. The Morgan fingerprint density at radius 3 is 2.33 bits per heavy atom. The molecule has 3 aliphatic rings. The van der Waals surface area contributed by atoms with Gasteiger partial charge in [-0.2, -0.15) is 0 Å². The molecule has 2 aliphatic carbocycles. The van der Waals surface area contributed by atoms with E-state index in [2.05, 4.69) is 13.8 Å². The lowest BCUT2D eigenvalue weighted by atomic mass is 9.66. The summed E-state index contributed by atoms with van der Waals surface area (Å²) >= 11 is 0. The molecule has 1 heterocycles. The molecule has 0 radical (unpaired) electrons. The van der Waals surface area contributed by atoms with E-state index in [1.807, 2.05) is 0 Å². The van der Waals surface area contributed by atoms with Crippen molar-refractivity contribution in [3.8, 4) is 0 Å². The summed E-state index contributed by atoms with van der Waals surface area (Å²) in [7, 11) is 0. The molecule has 0 N–H and O–H groups in total. The largest absolute Gasteiger partial charge is 0.377 e. The van der Waals surface area contributed by atoms with Gasteiger partial charge < -0.3 is 4.74 Å². The SMILES string of the molecule is CC1(C)COC1C1CCC2CCCC2C1. The highest BCUT2D eigenvalue weighted by atomic mass is 16.5. The Morgan fingerprint density at radius 1 is 0.933 bits per heavy atom. The first kappa shape index (κ1) is 10.1. The third-order valence-corrected chi connectivity index (χ3v) is 5.16. The average molecular weight is 208 g/mol. The summed E-state index contributed by atoms with van der Waals surface area (Å²) in [5, 5.41) is 0. The first-order valence-electron chi connectivity index (χ1n) is 6.78. The van der Waals surface area contributed by atoms with E-state index in [4.69, 9.17) is 4.74 Å². The van der Waals surface area contributed by atoms with E-state index in [-0.39, 0.29) is 0 Å². The van der Waals surface area contributed by atoms with Crippen LogP contribution in [0.2, 0.25) is 0 Å². The summed E-state index contributed by atoms with van der Waals surface area (Å²) in [4.78, 5) is 0. The highest BCUT2D eigenvalue weighted by Gasteiger charge is 2.47. The van der Waals surface area contributed by atoms with Gasteiger partial charge in [0.15, 0.2) is 0 Å². The molecule has 3 rings (SSSR count). The van der Waals surface area contributed by atoms with E-state index in [9.17, 15) is 0 Å². The maximum atomic E-state index is 5.83. The van der Waals surface area contributed by atoms with Gasteiger partial charge in [0, 0.05) is 5.41 Å². The third-order valence-electron chi connectivity index (χ3n) is 5.16. The van der Waals surface area contributed by atoms with Crippen LogP contribution >= 0.6 is 0 Å². The molecule has 4 atom stereocenters. The van der Waals surface area contributed by atoms with Crippen LogP contribution in [0, 0.1) is 23.2 Å². The summed E-state index contributed by atoms with van der Waals surface area (Å²) in [5.41, 5.74) is 0.468. The fourth-order valence-corrected chi connectivity index (χ4v) is 4.30. The molecule has 2 saturated carbocycles. The van der Waals surface area contributed by atoms with Gasteiger partial charge in [0.1, 0.15) is 0 Å². The summed E-state index contributed by atoms with van der Waals surface area (Å²) < 4.78 is 5.83. The molecule has 0 amide bonds. The minimum Gasteiger partial charge on any atom is -0.377 e. The van der Waals surface area contributed by atoms with Crippen LogP contribution in [0.15, 0.2) is 0 Å². The van der Waals surface area contributed by atoms with Gasteiger partial charge in [-0.3, -0.25) is 0 Å². The maximum absolute atomic E-state index is 5.83. The fourth-order valence-electron chi connectivity index (χ4n) is 4.30.